The quantitative estimate of drug-likeness (QED) is 0.450. The van der Waals surface area contributed by atoms with E-state index in [2.05, 4.69) is 31.4 Å². The van der Waals surface area contributed by atoms with Crippen LogP contribution in [-0.4, -0.2) is 11.8 Å². The van der Waals surface area contributed by atoms with Gasteiger partial charge >= 0.3 is 0 Å². The van der Waals surface area contributed by atoms with Gasteiger partial charge in [-0.25, -0.2) is 0 Å². The monoisotopic (exact) mass is 504 g/mol. The molecule has 0 saturated heterocycles. The summed E-state index contributed by atoms with van der Waals surface area (Å²) < 4.78 is 0. The molecule has 2 amide bonds. The summed E-state index contributed by atoms with van der Waals surface area (Å²) in [7, 11) is 0. The molecule has 0 aliphatic heterocycles. The number of aryl methyl sites for hydroxylation is 1. The summed E-state index contributed by atoms with van der Waals surface area (Å²) in [4.78, 5) is 28.9. The molecule has 2 N–H and O–H groups in total. The molecule has 0 unspecified atom stereocenters. The van der Waals surface area contributed by atoms with Crippen LogP contribution < -0.4 is 10.6 Å². The summed E-state index contributed by atoms with van der Waals surface area (Å²) in [5, 5.41) is 7.28. The van der Waals surface area contributed by atoms with Gasteiger partial charge in [0.05, 0.1) is 11.0 Å². The maximum Gasteiger partial charge on any atom is 0.258 e. The van der Waals surface area contributed by atoms with Crippen molar-refractivity contribution in [3.63, 3.8) is 0 Å². The number of carbonyl (C=O) groups excluding carboxylic acids is 2. The normalized spacial score (nSPS) is 30.7. The number of hydrogen-bond donors (Lipinski definition) is 2. The van der Waals surface area contributed by atoms with Crippen molar-refractivity contribution in [1.82, 2.24) is 0 Å². The molecule has 5 aliphatic rings. The van der Waals surface area contributed by atoms with Crippen LogP contribution in [-0.2, 0) is 17.6 Å². The van der Waals surface area contributed by atoms with E-state index in [-0.39, 0.29) is 22.6 Å². The van der Waals surface area contributed by atoms with Gasteiger partial charge in [-0.1, -0.05) is 38.5 Å². The van der Waals surface area contributed by atoms with E-state index in [9.17, 15) is 9.59 Å². The van der Waals surface area contributed by atoms with Crippen molar-refractivity contribution in [3.05, 3.63) is 45.8 Å². The first-order valence-electron chi connectivity index (χ1n) is 13.9. The third-order valence-electron chi connectivity index (χ3n) is 9.77. The lowest BCUT2D eigenvalue weighted by Crippen LogP contribution is -2.51. The van der Waals surface area contributed by atoms with E-state index in [1.165, 1.54) is 24.1 Å². The Labute approximate surface area is 219 Å². The predicted octanol–water partition coefficient (Wildman–Crippen LogP) is 7.61. The van der Waals surface area contributed by atoms with E-state index < -0.39 is 0 Å². The topological polar surface area (TPSA) is 58.2 Å². The van der Waals surface area contributed by atoms with Crippen molar-refractivity contribution in [3.8, 4) is 0 Å². The zero-order valence-electron chi connectivity index (χ0n) is 22.2. The number of fused-ring (bicyclic) bond motifs is 1. The Kier molecular flexibility index (Phi) is 5.86. The number of nitrogens with one attached hydrogen (secondary N) is 2. The molecular formula is C31H40N2O2S. The van der Waals surface area contributed by atoms with Crippen molar-refractivity contribution >= 4 is 33.8 Å². The highest BCUT2D eigenvalue weighted by Gasteiger charge is 2.54. The average Bonchev–Trinajstić information content (AvgIpc) is 3.16. The lowest BCUT2D eigenvalue weighted by molar-refractivity contribution is -0.140. The minimum Gasteiger partial charge on any atom is -0.322 e. The second-order valence-corrected chi connectivity index (χ2v) is 14.6. The number of hydrogen-bond acceptors (Lipinski definition) is 3. The standard InChI is InChI=1S/C31H40N2O2S/c1-18-5-8-23(9-6-18)32-27(34)26-24-10-7-22(30(2,3)4)14-25(24)36-28(26)33-29(35)31-15-19-11-20(16-31)13-21(12-19)17-31/h5-6,8-9,19-22H,7,10-17H2,1-4H3,(H,32,34)(H,33,35)/t19?,20?,21?,22-,31?/m1/s1. The van der Waals surface area contributed by atoms with Gasteiger partial charge in [-0.2, -0.15) is 0 Å². The minimum atomic E-state index is -0.224. The number of anilines is 2. The maximum atomic E-state index is 13.9. The second kappa shape index (κ2) is 8.72. The molecule has 4 fully saturated rings. The Morgan fingerprint density at radius 3 is 2.14 bits per heavy atom. The van der Waals surface area contributed by atoms with Crippen LogP contribution in [0.5, 0.6) is 0 Å². The number of rotatable bonds is 4. The third kappa shape index (κ3) is 4.31. The first-order chi connectivity index (χ1) is 17.1. The molecule has 4 saturated carbocycles. The van der Waals surface area contributed by atoms with Crippen LogP contribution >= 0.6 is 11.3 Å². The summed E-state index contributed by atoms with van der Waals surface area (Å²) in [6, 6.07) is 7.94. The zero-order valence-corrected chi connectivity index (χ0v) is 23.0. The number of thiophene rings is 1. The van der Waals surface area contributed by atoms with Crippen molar-refractivity contribution in [2.24, 2.45) is 34.5 Å². The first-order valence-corrected chi connectivity index (χ1v) is 14.8. The number of amides is 2. The van der Waals surface area contributed by atoms with E-state index in [1.54, 1.807) is 11.3 Å². The molecule has 4 bridgehead atoms. The van der Waals surface area contributed by atoms with Gasteiger partial charge in [0.2, 0.25) is 5.91 Å². The molecule has 1 aromatic carbocycles. The fourth-order valence-electron chi connectivity index (χ4n) is 8.11. The number of carbonyl (C=O) groups is 2. The minimum absolute atomic E-state index is 0.0913. The van der Waals surface area contributed by atoms with Gasteiger partial charge in [0.15, 0.2) is 0 Å². The van der Waals surface area contributed by atoms with Crippen LogP contribution in [0.1, 0.15) is 92.1 Å². The van der Waals surface area contributed by atoms with E-state index in [1.807, 2.05) is 31.2 Å². The molecule has 192 valence electrons. The fraction of sp³-hybridized carbons (Fsp3) is 0.613. The predicted molar refractivity (Wildman–Crippen MR) is 148 cm³/mol. The molecule has 5 aliphatic carbocycles. The average molecular weight is 505 g/mol. The summed E-state index contributed by atoms with van der Waals surface area (Å²) in [5.74, 6) is 2.83. The molecule has 1 heterocycles. The van der Waals surface area contributed by atoms with Crippen molar-refractivity contribution < 1.29 is 9.59 Å². The molecular weight excluding hydrogens is 464 g/mol. The Morgan fingerprint density at radius 1 is 0.944 bits per heavy atom. The van der Waals surface area contributed by atoms with Crippen molar-refractivity contribution in [2.45, 2.75) is 85.5 Å². The van der Waals surface area contributed by atoms with Gasteiger partial charge in [0, 0.05) is 10.6 Å². The van der Waals surface area contributed by atoms with Crippen LogP contribution in [0.2, 0.25) is 0 Å². The highest BCUT2D eigenvalue weighted by Crippen LogP contribution is 2.60. The van der Waals surface area contributed by atoms with Crippen molar-refractivity contribution in [2.75, 3.05) is 10.6 Å². The lowest BCUT2D eigenvalue weighted by atomic mass is 9.49. The molecule has 1 aromatic heterocycles. The van der Waals surface area contributed by atoms with E-state index >= 15 is 0 Å². The molecule has 2 aromatic rings. The van der Waals surface area contributed by atoms with Gasteiger partial charge < -0.3 is 10.6 Å². The van der Waals surface area contributed by atoms with Gasteiger partial charge in [-0.15, -0.1) is 11.3 Å². The van der Waals surface area contributed by atoms with Gasteiger partial charge in [-0.3, -0.25) is 9.59 Å². The fourth-order valence-corrected chi connectivity index (χ4v) is 9.43. The Balaban J connectivity index is 1.31. The Hall–Kier alpha value is -2.14. The molecule has 4 nitrogen and oxygen atoms in total. The highest BCUT2D eigenvalue weighted by molar-refractivity contribution is 7.17. The lowest BCUT2D eigenvalue weighted by Gasteiger charge is -2.55. The summed E-state index contributed by atoms with van der Waals surface area (Å²) in [6.45, 7) is 9.00. The van der Waals surface area contributed by atoms with Crippen LogP contribution in [0.15, 0.2) is 24.3 Å². The van der Waals surface area contributed by atoms with Crippen LogP contribution in [0.25, 0.3) is 0 Å². The third-order valence-corrected chi connectivity index (χ3v) is 10.9. The zero-order chi connectivity index (χ0) is 25.2. The summed E-state index contributed by atoms with van der Waals surface area (Å²) in [6.07, 6.45) is 10.0. The van der Waals surface area contributed by atoms with E-state index in [4.69, 9.17) is 0 Å². The van der Waals surface area contributed by atoms with Crippen LogP contribution in [0.4, 0.5) is 10.7 Å². The second-order valence-electron chi connectivity index (χ2n) is 13.5. The molecule has 1 atom stereocenters. The maximum absolute atomic E-state index is 13.9. The van der Waals surface area contributed by atoms with Crippen LogP contribution in [0.3, 0.4) is 0 Å². The molecule has 7 rings (SSSR count). The van der Waals surface area contributed by atoms with Gasteiger partial charge in [-0.05, 0) is 111 Å². The Bertz CT molecular complexity index is 1150. The number of benzene rings is 1. The molecule has 5 heteroatoms. The van der Waals surface area contributed by atoms with Gasteiger partial charge in [0.25, 0.3) is 5.91 Å². The van der Waals surface area contributed by atoms with Crippen molar-refractivity contribution in [1.29, 1.82) is 0 Å². The van der Waals surface area contributed by atoms with Crippen LogP contribution in [0, 0.1) is 41.4 Å². The highest BCUT2D eigenvalue weighted by atomic mass is 32.1. The first kappa shape index (κ1) is 24.2. The molecule has 0 radical (unpaired) electrons. The molecule has 36 heavy (non-hydrogen) atoms. The smallest absolute Gasteiger partial charge is 0.258 e. The molecule has 0 spiro atoms. The summed E-state index contributed by atoms with van der Waals surface area (Å²) >= 11 is 1.66. The van der Waals surface area contributed by atoms with Gasteiger partial charge in [0.1, 0.15) is 5.00 Å². The van der Waals surface area contributed by atoms with E-state index in [0.717, 1.165) is 78.1 Å². The van der Waals surface area contributed by atoms with E-state index in [0.29, 0.717) is 11.5 Å². The Morgan fingerprint density at radius 2 is 1.56 bits per heavy atom. The summed E-state index contributed by atoms with van der Waals surface area (Å²) in [5.41, 5.74) is 3.84. The SMILES string of the molecule is Cc1ccc(NC(=O)c2c(NC(=O)C34CC5CC(CC(C5)C3)C4)sc3c2CC[C@@H](C(C)(C)C)C3)cc1. The largest absolute Gasteiger partial charge is 0.322 e.